The van der Waals surface area contributed by atoms with Crippen molar-refractivity contribution in [1.82, 2.24) is 4.31 Å². The summed E-state index contributed by atoms with van der Waals surface area (Å²) in [6.07, 6.45) is 1.50. The van der Waals surface area contributed by atoms with Crippen LogP contribution in [0.1, 0.15) is 28.4 Å². The Hall–Kier alpha value is -2.40. The minimum absolute atomic E-state index is 0.0948. The molecule has 0 aromatic heterocycles. The maximum Gasteiger partial charge on any atom is 0.269 e. The molecule has 1 atom stereocenters. The summed E-state index contributed by atoms with van der Waals surface area (Å²) in [5.41, 5.74) is 0.893. The first-order chi connectivity index (χ1) is 10.8. The quantitative estimate of drug-likeness (QED) is 0.813. The second-order valence-corrected chi connectivity index (χ2v) is 7.57. The summed E-state index contributed by atoms with van der Waals surface area (Å²) in [6, 6.07) is 13.4. The maximum atomic E-state index is 13.1. The van der Waals surface area contributed by atoms with Crippen LogP contribution in [0.2, 0.25) is 0 Å². The molecule has 1 aliphatic rings. The molecule has 0 aliphatic carbocycles. The fourth-order valence-electron chi connectivity index (χ4n) is 2.91. The topological polar surface area (TPSA) is 54.5 Å². The molecule has 1 amide bonds. The van der Waals surface area contributed by atoms with Gasteiger partial charge in [0.2, 0.25) is 0 Å². The van der Waals surface area contributed by atoms with Gasteiger partial charge in [-0.15, -0.1) is 6.58 Å². The van der Waals surface area contributed by atoms with Crippen molar-refractivity contribution in [2.45, 2.75) is 24.3 Å². The Morgan fingerprint density at radius 2 is 1.70 bits per heavy atom. The number of carbonyl (C=O) groups is 1. The summed E-state index contributed by atoms with van der Waals surface area (Å²) >= 11 is 0. The Bertz CT molecular complexity index is 900. The first-order valence-electron chi connectivity index (χ1n) is 7.22. The summed E-state index contributed by atoms with van der Waals surface area (Å²) in [6.45, 7) is 7.33. The van der Waals surface area contributed by atoms with E-state index in [9.17, 15) is 13.2 Å². The second-order valence-electron chi connectivity index (χ2n) is 5.78. The number of amides is 1. The van der Waals surface area contributed by atoms with Crippen LogP contribution >= 0.6 is 0 Å². The van der Waals surface area contributed by atoms with E-state index in [1.807, 2.05) is 6.92 Å². The Labute approximate surface area is 136 Å². The van der Waals surface area contributed by atoms with Crippen molar-refractivity contribution in [3.63, 3.8) is 0 Å². The third-order valence-corrected chi connectivity index (χ3v) is 6.16. The average Bonchev–Trinajstić information content (AvgIpc) is 2.77. The van der Waals surface area contributed by atoms with Crippen molar-refractivity contribution < 1.29 is 13.2 Å². The van der Waals surface area contributed by atoms with Crippen LogP contribution in [-0.4, -0.2) is 18.6 Å². The lowest BCUT2D eigenvalue weighted by molar-refractivity contribution is 0.0824. The Kier molecular flexibility index (Phi) is 3.41. The number of carbonyl (C=O) groups excluding carboxylic acids is 1. The van der Waals surface area contributed by atoms with Gasteiger partial charge in [0.05, 0.1) is 4.90 Å². The van der Waals surface area contributed by atoms with E-state index in [2.05, 4.69) is 6.58 Å². The zero-order valence-corrected chi connectivity index (χ0v) is 13.8. The summed E-state index contributed by atoms with van der Waals surface area (Å²) < 4.78 is 27.0. The van der Waals surface area contributed by atoms with E-state index in [-0.39, 0.29) is 4.90 Å². The molecule has 23 heavy (non-hydrogen) atoms. The van der Waals surface area contributed by atoms with Crippen molar-refractivity contribution in [2.24, 2.45) is 0 Å². The standard InChI is InChI=1S/C18H17NO3S/c1-4-18(3)16-8-6-5-7-15(16)17(20)19(18)23(21,22)14-11-9-13(2)10-12-14/h4-12H,1H2,2-3H3. The van der Waals surface area contributed by atoms with Gasteiger partial charge in [-0.1, -0.05) is 42.0 Å². The lowest BCUT2D eigenvalue weighted by atomic mass is 9.93. The molecule has 0 fully saturated rings. The molecule has 118 valence electrons. The summed E-state index contributed by atoms with van der Waals surface area (Å²) in [4.78, 5) is 12.9. The van der Waals surface area contributed by atoms with Gasteiger partial charge in [0, 0.05) is 5.56 Å². The van der Waals surface area contributed by atoms with Gasteiger partial charge >= 0.3 is 0 Å². The van der Waals surface area contributed by atoms with Gasteiger partial charge < -0.3 is 0 Å². The number of hydrogen-bond donors (Lipinski definition) is 0. The monoisotopic (exact) mass is 327 g/mol. The number of nitrogens with zero attached hydrogens (tertiary/aromatic N) is 1. The van der Waals surface area contributed by atoms with Crippen LogP contribution < -0.4 is 0 Å². The number of fused-ring (bicyclic) bond motifs is 1. The molecule has 1 aliphatic heterocycles. The average molecular weight is 327 g/mol. The third kappa shape index (κ3) is 2.11. The van der Waals surface area contributed by atoms with Crippen molar-refractivity contribution in [1.29, 1.82) is 0 Å². The zero-order chi connectivity index (χ0) is 16.8. The molecule has 1 unspecified atom stereocenters. The van der Waals surface area contributed by atoms with E-state index >= 15 is 0 Å². The number of hydrogen-bond acceptors (Lipinski definition) is 3. The smallest absolute Gasteiger partial charge is 0.268 e. The fraction of sp³-hybridized carbons (Fsp3) is 0.167. The zero-order valence-electron chi connectivity index (χ0n) is 13.0. The van der Waals surface area contributed by atoms with Crippen LogP contribution in [0.4, 0.5) is 0 Å². The summed E-state index contributed by atoms with van der Waals surface area (Å²) in [5, 5.41) is 0. The van der Waals surface area contributed by atoms with E-state index in [1.54, 1.807) is 43.3 Å². The molecule has 0 bridgehead atoms. The van der Waals surface area contributed by atoms with Crippen LogP contribution in [0, 0.1) is 6.92 Å². The van der Waals surface area contributed by atoms with Gasteiger partial charge in [-0.2, -0.15) is 0 Å². The molecule has 0 radical (unpaired) electrons. The molecule has 0 saturated carbocycles. The molecule has 3 rings (SSSR count). The van der Waals surface area contributed by atoms with E-state index < -0.39 is 21.5 Å². The van der Waals surface area contributed by atoms with Crippen molar-refractivity contribution >= 4 is 15.9 Å². The van der Waals surface area contributed by atoms with Gasteiger partial charge in [0.15, 0.2) is 0 Å². The van der Waals surface area contributed by atoms with Crippen molar-refractivity contribution in [3.05, 3.63) is 77.9 Å². The normalized spacial score (nSPS) is 20.4. The highest BCUT2D eigenvalue weighted by Crippen LogP contribution is 2.43. The lowest BCUT2D eigenvalue weighted by Gasteiger charge is -2.32. The first-order valence-corrected chi connectivity index (χ1v) is 8.66. The SMILES string of the molecule is C=CC1(C)c2ccccc2C(=O)N1S(=O)(=O)c1ccc(C)cc1. The van der Waals surface area contributed by atoms with E-state index in [0.29, 0.717) is 11.1 Å². The highest BCUT2D eigenvalue weighted by atomic mass is 32.2. The minimum atomic E-state index is -3.98. The molecular formula is C18H17NO3S. The lowest BCUT2D eigenvalue weighted by Crippen LogP contribution is -2.44. The maximum absolute atomic E-state index is 13.1. The van der Waals surface area contributed by atoms with E-state index in [1.165, 1.54) is 18.2 Å². The molecule has 5 heteroatoms. The number of aryl methyl sites for hydroxylation is 1. The minimum Gasteiger partial charge on any atom is -0.268 e. The highest BCUT2D eigenvalue weighted by Gasteiger charge is 2.50. The van der Waals surface area contributed by atoms with Crippen LogP contribution in [0.15, 0.2) is 66.1 Å². The molecule has 1 heterocycles. The molecule has 0 N–H and O–H groups in total. The predicted octanol–water partition coefficient (Wildman–Crippen LogP) is 3.24. The molecular weight excluding hydrogens is 310 g/mol. The van der Waals surface area contributed by atoms with Crippen LogP contribution in [0.5, 0.6) is 0 Å². The Balaban J connectivity index is 2.22. The van der Waals surface area contributed by atoms with Gasteiger partial charge in [-0.05, 0) is 37.6 Å². The predicted molar refractivity (Wildman–Crippen MR) is 88.5 cm³/mol. The van der Waals surface area contributed by atoms with E-state index in [4.69, 9.17) is 0 Å². The molecule has 0 saturated heterocycles. The summed E-state index contributed by atoms with van der Waals surface area (Å²) in [5.74, 6) is -0.524. The highest BCUT2D eigenvalue weighted by molar-refractivity contribution is 7.89. The van der Waals surface area contributed by atoms with Crippen molar-refractivity contribution in [3.8, 4) is 0 Å². The second kappa shape index (κ2) is 5.06. The Morgan fingerprint density at radius 3 is 2.30 bits per heavy atom. The largest absolute Gasteiger partial charge is 0.269 e. The molecule has 2 aromatic carbocycles. The molecule has 2 aromatic rings. The number of sulfonamides is 1. The van der Waals surface area contributed by atoms with Gasteiger partial charge in [-0.25, -0.2) is 12.7 Å². The summed E-state index contributed by atoms with van der Waals surface area (Å²) in [7, 11) is -3.98. The molecule has 0 spiro atoms. The van der Waals surface area contributed by atoms with Crippen LogP contribution in [0.25, 0.3) is 0 Å². The van der Waals surface area contributed by atoms with E-state index in [0.717, 1.165) is 9.87 Å². The van der Waals surface area contributed by atoms with Gasteiger partial charge in [0.25, 0.3) is 15.9 Å². The molecule has 4 nitrogen and oxygen atoms in total. The van der Waals surface area contributed by atoms with Crippen LogP contribution in [0.3, 0.4) is 0 Å². The van der Waals surface area contributed by atoms with Crippen LogP contribution in [-0.2, 0) is 15.6 Å². The number of benzene rings is 2. The Morgan fingerprint density at radius 1 is 1.09 bits per heavy atom. The first kappa shape index (κ1) is 15.5. The fourth-order valence-corrected chi connectivity index (χ4v) is 4.59. The van der Waals surface area contributed by atoms with Gasteiger partial charge in [-0.3, -0.25) is 4.79 Å². The van der Waals surface area contributed by atoms with Gasteiger partial charge in [0.1, 0.15) is 5.54 Å². The number of rotatable bonds is 3. The third-order valence-electron chi connectivity index (χ3n) is 4.27. The van der Waals surface area contributed by atoms with Crippen molar-refractivity contribution in [2.75, 3.05) is 0 Å².